The number of fused-ring (bicyclic) bond motifs is 1. The van der Waals surface area contributed by atoms with Crippen LogP contribution < -0.4 is 5.32 Å². The van der Waals surface area contributed by atoms with E-state index in [1.807, 2.05) is 18.2 Å². The number of hydrogen-bond acceptors (Lipinski definition) is 5. The second-order valence-corrected chi connectivity index (χ2v) is 5.50. The number of nitrogens with one attached hydrogen (secondary N) is 1. The van der Waals surface area contributed by atoms with Gasteiger partial charge in [-0.15, -0.1) is 0 Å². The van der Waals surface area contributed by atoms with Gasteiger partial charge in [0.2, 0.25) is 0 Å². The van der Waals surface area contributed by atoms with E-state index in [4.69, 9.17) is 10.00 Å². The lowest BCUT2D eigenvalue weighted by Crippen LogP contribution is -2.21. The first-order valence-corrected chi connectivity index (χ1v) is 7.76. The van der Waals surface area contributed by atoms with Gasteiger partial charge in [-0.05, 0) is 29.7 Å². The van der Waals surface area contributed by atoms with Crippen molar-refractivity contribution in [3.63, 3.8) is 0 Å². The van der Waals surface area contributed by atoms with Gasteiger partial charge < -0.3 is 15.2 Å². The summed E-state index contributed by atoms with van der Waals surface area (Å²) in [5, 5.41) is 22.9. The first-order valence-electron chi connectivity index (χ1n) is 7.76. The van der Waals surface area contributed by atoms with Crippen LogP contribution in [-0.2, 0) is 9.53 Å². The average molecular weight is 346 g/mol. The van der Waals surface area contributed by atoms with Crippen LogP contribution in [0.4, 0.5) is 5.69 Å². The molecule has 6 heteroatoms. The first-order chi connectivity index (χ1) is 12.6. The van der Waals surface area contributed by atoms with Crippen molar-refractivity contribution in [2.75, 3.05) is 11.9 Å². The molecule has 3 aromatic rings. The summed E-state index contributed by atoms with van der Waals surface area (Å²) >= 11 is 0. The highest BCUT2D eigenvalue weighted by atomic mass is 16.5. The summed E-state index contributed by atoms with van der Waals surface area (Å²) < 4.78 is 4.97. The number of amides is 1. The van der Waals surface area contributed by atoms with Gasteiger partial charge in [-0.3, -0.25) is 4.79 Å². The zero-order valence-electron chi connectivity index (χ0n) is 13.6. The number of hydrogen-bond donors (Lipinski definition) is 2. The lowest BCUT2D eigenvalue weighted by atomic mass is 10.1. The molecule has 0 saturated heterocycles. The second kappa shape index (κ2) is 7.36. The highest BCUT2D eigenvalue weighted by Gasteiger charge is 2.16. The van der Waals surface area contributed by atoms with E-state index < -0.39 is 18.5 Å². The number of rotatable bonds is 4. The Morgan fingerprint density at radius 2 is 1.88 bits per heavy atom. The van der Waals surface area contributed by atoms with Crippen molar-refractivity contribution in [2.45, 2.75) is 0 Å². The van der Waals surface area contributed by atoms with Gasteiger partial charge in [-0.2, -0.15) is 5.26 Å². The Morgan fingerprint density at radius 3 is 2.69 bits per heavy atom. The van der Waals surface area contributed by atoms with Gasteiger partial charge in [0.15, 0.2) is 6.61 Å². The molecule has 0 radical (unpaired) electrons. The molecule has 128 valence electrons. The summed E-state index contributed by atoms with van der Waals surface area (Å²) in [6.45, 7) is -0.512. The fourth-order valence-electron chi connectivity index (χ4n) is 2.49. The Hall–Kier alpha value is -3.85. The maximum absolute atomic E-state index is 12.2. The smallest absolute Gasteiger partial charge is 0.342 e. The largest absolute Gasteiger partial charge is 0.506 e. The standard InChI is InChI=1S/C20H14N2O4/c21-11-13-4-3-6-15(10-13)22-18(23)12-26-20(25)17-9-8-14-5-1-2-7-16(14)19(17)24/h1-10,24H,12H2,(H,22,23). The zero-order chi connectivity index (χ0) is 18.5. The van der Waals surface area contributed by atoms with Crippen LogP contribution in [-0.4, -0.2) is 23.6 Å². The van der Waals surface area contributed by atoms with Gasteiger partial charge >= 0.3 is 5.97 Å². The van der Waals surface area contributed by atoms with Crippen molar-refractivity contribution in [3.8, 4) is 11.8 Å². The molecule has 0 aliphatic heterocycles. The Morgan fingerprint density at radius 1 is 1.08 bits per heavy atom. The average Bonchev–Trinajstić information content (AvgIpc) is 2.67. The Bertz CT molecular complexity index is 1040. The molecule has 0 unspecified atom stereocenters. The van der Waals surface area contributed by atoms with Crippen molar-refractivity contribution < 1.29 is 19.4 Å². The maximum atomic E-state index is 12.2. The number of esters is 1. The molecule has 6 nitrogen and oxygen atoms in total. The Kier molecular flexibility index (Phi) is 4.81. The molecule has 0 spiro atoms. The van der Waals surface area contributed by atoms with Crippen molar-refractivity contribution in [2.24, 2.45) is 0 Å². The topological polar surface area (TPSA) is 99.4 Å². The maximum Gasteiger partial charge on any atom is 0.342 e. The van der Waals surface area contributed by atoms with Crippen LogP contribution in [0.1, 0.15) is 15.9 Å². The van der Waals surface area contributed by atoms with Gasteiger partial charge in [0.1, 0.15) is 11.3 Å². The zero-order valence-corrected chi connectivity index (χ0v) is 13.6. The third kappa shape index (κ3) is 3.62. The molecular formula is C20H14N2O4. The van der Waals surface area contributed by atoms with E-state index in [1.165, 1.54) is 12.1 Å². The number of ether oxygens (including phenoxy) is 1. The van der Waals surface area contributed by atoms with Crippen molar-refractivity contribution in [1.82, 2.24) is 0 Å². The monoisotopic (exact) mass is 346 g/mol. The van der Waals surface area contributed by atoms with E-state index in [0.717, 1.165) is 5.39 Å². The normalized spacial score (nSPS) is 10.1. The molecule has 0 heterocycles. The van der Waals surface area contributed by atoms with E-state index in [1.54, 1.807) is 36.4 Å². The summed E-state index contributed by atoms with van der Waals surface area (Å²) in [4.78, 5) is 24.1. The van der Waals surface area contributed by atoms with Crippen LogP contribution in [0.5, 0.6) is 5.75 Å². The molecule has 0 aromatic heterocycles. The lowest BCUT2D eigenvalue weighted by molar-refractivity contribution is -0.119. The Balaban J connectivity index is 1.66. The number of anilines is 1. The van der Waals surface area contributed by atoms with Crippen LogP contribution >= 0.6 is 0 Å². The number of phenols is 1. The minimum atomic E-state index is -0.797. The van der Waals surface area contributed by atoms with E-state index in [-0.39, 0.29) is 11.3 Å². The highest BCUT2D eigenvalue weighted by molar-refractivity contribution is 6.02. The van der Waals surface area contributed by atoms with Crippen LogP contribution in [0.15, 0.2) is 60.7 Å². The predicted molar refractivity (Wildman–Crippen MR) is 95.7 cm³/mol. The number of carbonyl (C=O) groups is 2. The lowest BCUT2D eigenvalue weighted by Gasteiger charge is -2.09. The van der Waals surface area contributed by atoms with Gasteiger partial charge in [0.05, 0.1) is 11.6 Å². The number of aromatic hydroxyl groups is 1. The van der Waals surface area contributed by atoms with Crippen molar-refractivity contribution in [1.29, 1.82) is 5.26 Å². The summed E-state index contributed by atoms with van der Waals surface area (Å²) in [6, 6.07) is 18.6. The van der Waals surface area contributed by atoms with E-state index >= 15 is 0 Å². The number of phenolic OH excluding ortho intramolecular Hbond substituents is 1. The van der Waals surface area contributed by atoms with Crippen LogP contribution in [0.3, 0.4) is 0 Å². The van der Waals surface area contributed by atoms with Crippen LogP contribution in [0.2, 0.25) is 0 Å². The number of nitriles is 1. The predicted octanol–water partition coefficient (Wildman–Crippen LogP) is 3.21. The minimum Gasteiger partial charge on any atom is -0.506 e. The quantitative estimate of drug-likeness (QED) is 0.707. The molecule has 0 fully saturated rings. The van der Waals surface area contributed by atoms with Gasteiger partial charge in [0.25, 0.3) is 5.91 Å². The van der Waals surface area contributed by atoms with E-state index in [2.05, 4.69) is 5.32 Å². The summed E-state index contributed by atoms with van der Waals surface area (Å²) in [5.74, 6) is -1.53. The Labute approximate surface area is 149 Å². The molecule has 0 saturated carbocycles. The van der Waals surface area contributed by atoms with E-state index in [0.29, 0.717) is 16.6 Å². The van der Waals surface area contributed by atoms with Crippen molar-refractivity contribution >= 4 is 28.3 Å². The third-order valence-electron chi connectivity index (χ3n) is 3.73. The van der Waals surface area contributed by atoms with Gasteiger partial charge in [-0.1, -0.05) is 36.4 Å². The SMILES string of the molecule is N#Cc1cccc(NC(=O)COC(=O)c2ccc3ccccc3c2O)c1. The second-order valence-electron chi connectivity index (χ2n) is 5.50. The minimum absolute atomic E-state index is 0.0111. The first kappa shape index (κ1) is 17.0. The number of nitrogens with zero attached hydrogens (tertiary/aromatic N) is 1. The van der Waals surface area contributed by atoms with Gasteiger partial charge in [0, 0.05) is 11.1 Å². The molecule has 3 rings (SSSR count). The van der Waals surface area contributed by atoms with Crippen LogP contribution in [0.25, 0.3) is 10.8 Å². The summed E-state index contributed by atoms with van der Waals surface area (Å²) in [5.41, 5.74) is 0.822. The summed E-state index contributed by atoms with van der Waals surface area (Å²) in [7, 11) is 0. The molecule has 3 aromatic carbocycles. The molecule has 1 amide bonds. The summed E-state index contributed by atoms with van der Waals surface area (Å²) in [6.07, 6.45) is 0. The molecule has 2 N–H and O–H groups in total. The van der Waals surface area contributed by atoms with Gasteiger partial charge in [-0.25, -0.2) is 4.79 Å². The fourth-order valence-corrected chi connectivity index (χ4v) is 2.49. The molecular weight excluding hydrogens is 332 g/mol. The van der Waals surface area contributed by atoms with Crippen molar-refractivity contribution in [3.05, 3.63) is 71.8 Å². The van der Waals surface area contributed by atoms with Crippen LogP contribution in [0, 0.1) is 11.3 Å². The molecule has 26 heavy (non-hydrogen) atoms. The number of benzene rings is 3. The third-order valence-corrected chi connectivity index (χ3v) is 3.73. The molecule has 0 atom stereocenters. The highest BCUT2D eigenvalue weighted by Crippen LogP contribution is 2.28. The molecule has 0 aliphatic rings. The molecule has 0 aliphatic carbocycles. The van der Waals surface area contributed by atoms with E-state index in [9.17, 15) is 14.7 Å². The fraction of sp³-hybridized carbons (Fsp3) is 0.0500. The molecule has 0 bridgehead atoms. The number of carbonyl (C=O) groups excluding carboxylic acids is 2.